The lowest BCUT2D eigenvalue weighted by atomic mass is 9.90. The molecule has 1 unspecified atom stereocenters. The Kier molecular flexibility index (Phi) is 5.13. The van der Waals surface area contributed by atoms with Gasteiger partial charge in [0.15, 0.2) is 0 Å². The summed E-state index contributed by atoms with van der Waals surface area (Å²) in [6, 6.07) is 9.13. The van der Waals surface area contributed by atoms with Crippen molar-refractivity contribution in [2.45, 2.75) is 45.1 Å². The zero-order valence-corrected chi connectivity index (χ0v) is 12.4. The Morgan fingerprint density at radius 3 is 2.22 bits per heavy atom. The van der Waals surface area contributed by atoms with Crippen molar-refractivity contribution in [1.29, 1.82) is 0 Å². The molecule has 1 aromatic rings. The molecule has 1 aromatic carbocycles. The molecule has 0 aromatic heterocycles. The summed E-state index contributed by atoms with van der Waals surface area (Å²) in [6.07, 6.45) is 3.85. The first-order chi connectivity index (χ1) is 8.66. The molecule has 18 heavy (non-hydrogen) atoms. The minimum atomic E-state index is 0.222. The van der Waals surface area contributed by atoms with Gasteiger partial charge in [0.25, 0.3) is 0 Å². The third-order valence-corrected chi connectivity index (χ3v) is 5.01. The summed E-state index contributed by atoms with van der Waals surface area (Å²) < 4.78 is 0. The van der Waals surface area contributed by atoms with Crippen LogP contribution < -0.4 is 5.73 Å². The molecule has 2 rings (SSSR count). The normalized spacial score (nSPS) is 19.1. The Morgan fingerprint density at radius 1 is 1.11 bits per heavy atom. The highest BCUT2D eigenvalue weighted by Gasteiger charge is 2.17. The molecule has 0 bridgehead atoms. The second kappa shape index (κ2) is 6.63. The monoisotopic (exact) mass is 263 g/mol. The Balaban J connectivity index is 1.93. The second-order valence-electron chi connectivity index (χ2n) is 5.72. The first kappa shape index (κ1) is 14.0. The van der Waals surface area contributed by atoms with Gasteiger partial charge in [0, 0.05) is 6.04 Å². The van der Waals surface area contributed by atoms with Crippen molar-refractivity contribution in [2.24, 2.45) is 11.7 Å². The SMILES string of the molecule is CC(C)c1ccc(C(N)CC2CCSCC2)cc1. The topological polar surface area (TPSA) is 26.0 Å². The lowest BCUT2D eigenvalue weighted by molar-refractivity contribution is 0.413. The van der Waals surface area contributed by atoms with Gasteiger partial charge in [-0.25, -0.2) is 0 Å². The average Bonchev–Trinajstić information content (AvgIpc) is 2.40. The highest BCUT2D eigenvalue weighted by molar-refractivity contribution is 7.99. The Labute approximate surface area is 116 Å². The molecule has 1 nitrogen and oxygen atoms in total. The quantitative estimate of drug-likeness (QED) is 0.874. The van der Waals surface area contributed by atoms with Crippen molar-refractivity contribution in [3.63, 3.8) is 0 Å². The molecular weight excluding hydrogens is 238 g/mol. The highest BCUT2D eigenvalue weighted by atomic mass is 32.2. The van der Waals surface area contributed by atoms with Crippen LogP contribution in [0.1, 0.15) is 56.2 Å². The average molecular weight is 263 g/mol. The van der Waals surface area contributed by atoms with E-state index in [1.807, 2.05) is 0 Å². The number of hydrogen-bond acceptors (Lipinski definition) is 2. The zero-order chi connectivity index (χ0) is 13.0. The van der Waals surface area contributed by atoms with Gasteiger partial charge in [0.1, 0.15) is 0 Å². The highest BCUT2D eigenvalue weighted by Crippen LogP contribution is 2.30. The van der Waals surface area contributed by atoms with Crippen LogP contribution in [0, 0.1) is 5.92 Å². The molecule has 100 valence electrons. The van der Waals surface area contributed by atoms with E-state index in [-0.39, 0.29) is 6.04 Å². The van der Waals surface area contributed by atoms with Gasteiger partial charge in [0.2, 0.25) is 0 Å². The summed E-state index contributed by atoms with van der Waals surface area (Å²) in [5, 5.41) is 0. The third-order valence-electron chi connectivity index (χ3n) is 3.96. The molecule has 1 fully saturated rings. The summed E-state index contributed by atoms with van der Waals surface area (Å²) >= 11 is 2.09. The zero-order valence-electron chi connectivity index (χ0n) is 11.6. The Hall–Kier alpha value is -0.470. The van der Waals surface area contributed by atoms with Gasteiger partial charge in [-0.1, -0.05) is 38.1 Å². The summed E-state index contributed by atoms with van der Waals surface area (Å²) in [4.78, 5) is 0. The molecule has 0 radical (unpaired) electrons. The molecule has 0 amide bonds. The van der Waals surface area contributed by atoms with E-state index in [1.54, 1.807) is 0 Å². The van der Waals surface area contributed by atoms with E-state index in [1.165, 1.54) is 35.5 Å². The standard InChI is InChI=1S/C16H25NS/c1-12(2)14-3-5-15(6-4-14)16(17)11-13-7-9-18-10-8-13/h3-6,12-13,16H,7-11,17H2,1-2H3. The van der Waals surface area contributed by atoms with Crippen LogP contribution in [0.2, 0.25) is 0 Å². The van der Waals surface area contributed by atoms with Gasteiger partial charge in [-0.05, 0) is 53.7 Å². The Morgan fingerprint density at radius 2 is 1.67 bits per heavy atom. The fraction of sp³-hybridized carbons (Fsp3) is 0.625. The van der Waals surface area contributed by atoms with Crippen LogP contribution in [0.15, 0.2) is 24.3 Å². The summed E-state index contributed by atoms with van der Waals surface area (Å²) in [6.45, 7) is 4.46. The van der Waals surface area contributed by atoms with Crippen LogP contribution in [-0.2, 0) is 0 Å². The van der Waals surface area contributed by atoms with Crippen molar-refractivity contribution >= 4 is 11.8 Å². The number of thioether (sulfide) groups is 1. The number of benzene rings is 1. The second-order valence-corrected chi connectivity index (χ2v) is 6.94. The van der Waals surface area contributed by atoms with Crippen molar-refractivity contribution < 1.29 is 0 Å². The fourth-order valence-corrected chi connectivity index (χ4v) is 3.81. The van der Waals surface area contributed by atoms with Gasteiger partial charge >= 0.3 is 0 Å². The van der Waals surface area contributed by atoms with Gasteiger partial charge in [-0.15, -0.1) is 0 Å². The molecule has 1 aliphatic rings. The molecule has 0 saturated carbocycles. The Bertz CT molecular complexity index is 352. The van der Waals surface area contributed by atoms with Crippen molar-refractivity contribution in [1.82, 2.24) is 0 Å². The maximum absolute atomic E-state index is 6.35. The molecule has 1 saturated heterocycles. The fourth-order valence-electron chi connectivity index (χ4n) is 2.61. The molecule has 1 atom stereocenters. The van der Waals surface area contributed by atoms with E-state index < -0.39 is 0 Å². The van der Waals surface area contributed by atoms with E-state index >= 15 is 0 Å². The first-order valence-electron chi connectivity index (χ1n) is 7.10. The molecule has 1 heterocycles. The van der Waals surface area contributed by atoms with Crippen LogP contribution in [0.3, 0.4) is 0 Å². The van der Waals surface area contributed by atoms with E-state index in [0.717, 1.165) is 12.3 Å². The predicted octanol–water partition coefficient (Wildman–Crippen LogP) is 4.34. The van der Waals surface area contributed by atoms with E-state index in [0.29, 0.717) is 5.92 Å². The third kappa shape index (κ3) is 3.76. The molecule has 1 aliphatic heterocycles. The first-order valence-corrected chi connectivity index (χ1v) is 8.25. The molecule has 2 heteroatoms. The van der Waals surface area contributed by atoms with E-state index in [2.05, 4.69) is 49.9 Å². The van der Waals surface area contributed by atoms with Gasteiger partial charge in [0.05, 0.1) is 0 Å². The minimum Gasteiger partial charge on any atom is -0.324 e. The van der Waals surface area contributed by atoms with Crippen molar-refractivity contribution in [3.05, 3.63) is 35.4 Å². The lowest BCUT2D eigenvalue weighted by Crippen LogP contribution is -2.18. The summed E-state index contributed by atoms with van der Waals surface area (Å²) in [5.41, 5.74) is 9.05. The maximum Gasteiger partial charge on any atom is 0.0297 e. The van der Waals surface area contributed by atoms with Gasteiger partial charge in [-0.2, -0.15) is 11.8 Å². The van der Waals surface area contributed by atoms with E-state index in [9.17, 15) is 0 Å². The summed E-state index contributed by atoms with van der Waals surface area (Å²) in [7, 11) is 0. The molecule has 0 spiro atoms. The van der Waals surface area contributed by atoms with Crippen LogP contribution in [0.5, 0.6) is 0 Å². The minimum absolute atomic E-state index is 0.222. The smallest absolute Gasteiger partial charge is 0.0297 e. The van der Waals surface area contributed by atoms with Crippen LogP contribution in [-0.4, -0.2) is 11.5 Å². The summed E-state index contributed by atoms with van der Waals surface area (Å²) in [5.74, 6) is 4.09. The number of rotatable bonds is 4. The van der Waals surface area contributed by atoms with Crippen molar-refractivity contribution in [3.8, 4) is 0 Å². The van der Waals surface area contributed by atoms with Crippen LogP contribution in [0.4, 0.5) is 0 Å². The predicted molar refractivity (Wildman–Crippen MR) is 82.1 cm³/mol. The molecule has 0 aliphatic carbocycles. The van der Waals surface area contributed by atoms with Crippen molar-refractivity contribution in [2.75, 3.05) is 11.5 Å². The van der Waals surface area contributed by atoms with Crippen LogP contribution >= 0.6 is 11.8 Å². The van der Waals surface area contributed by atoms with Crippen LogP contribution in [0.25, 0.3) is 0 Å². The number of hydrogen-bond donors (Lipinski definition) is 1. The van der Waals surface area contributed by atoms with Gasteiger partial charge < -0.3 is 5.73 Å². The molecule has 2 N–H and O–H groups in total. The molecular formula is C16H25NS. The van der Waals surface area contributed by atoms with E-state index in [4.69, 9.17) is 5.73 Å². The lowest BCUT2D eigenvalue weighted by Gasteiger charge is -2.24. The number of nitrogens with two attached hydrogens (primary N) is 1. The van der Waals surface area contributed by atoms with Gasteiger partial charge in [-0.3, -0.25) is 0 Å². The maximum atomic E-state index is 6.35. The largest absolute Gasteiger partial charge is 0.324 e.